The molecule has 2 aromatic rings. The summed E-state index contributed by atoms with van der Waals surface area (Å²) in [4.78, 5) is 18.2. The molecule has 1 aromatic heterocycles. The minimum Gasteiger partial charge on any atom is -0.396 e. The molecule has 0 spiro atoms. The van der Waals surface area contributed by atoms with Gasteiger partial charge in [-0.05, 0) is 42.7 Å². The first kappa shape index (κ1) is 14.8. The molecule has 2 aliphatic rings. The number of aromatic nitrogens is 1. The molecule has 0 radical (unpaired) electrons. The fourth-order valence-corrected chi connectivity index (χ4v) is 4.81. The Hall–Kier alpha value is -1.81. The lowest BCUT2D eigenvalue weighted by Crippen LogP contribution is -2.52. The molecule has 3 heterocycles. The molecular formula is C19H24N2O2. The van der Waals surface area contributed by atoms with Crippen molar-refractivity contribution in [2.24, 2.45) is 5.41 Å². The number of benzene rings is 1. The van der Waals surface area contributed by atoms with E-state index < -0.39 is 0 Å². The Kier molecular flexibility index (Phi) is 3.45. The van der Waals surface area contributed by atoms with Gasteiger partial charge in [0.05, 0.1) is 6.04 Å². The predicted molar refractivity (Wildman–Crippen MR) is 90.1 cm³/mol. The first-order chi connectivity index (χ1) is 11.2. The highest BCUT2D eigenvalue weighted by Gasteiger charge is 2.49. The van der Waals surface area contributed by atoms with E-state index in [-0.39, 0.29) is 24.0 Å². The molecule has 122 valence electrons. The smallest absolute Gasteiger partial charge is 0.223 e. The zero-order chi connectivity index (χ0) is 16.0. The quantitative estimate of drug-likeness (QED) is 0.914. The van der Waals surface area contributed by atoms with Crippen molar-refractivity contribution in [3.63, 3.8) is 0 Å². The number of amides is 1. The molecule has 1 unspecified atom stereocenters. The molecule has 1 saturated heterocycles. The molecular weight excluding hydrogens is 288 g/mol. The molecule has 0 bridgehead atoms. The number of fused-ring (bicyclic) bond motifs is 5. The molecule has 0 aliphatic carbocycles. The fourth-order valence-electron chi connectivity index (χ4n) is 4.81. The van der Waals surface area contributed by atoms with Gasteiger partial charge in [-0.3, -0.25) is 4.79 Å². The van der Waals surface area contributed by atoms with Gasteiger partial charge in [-0.1, -0.05) is 25.1 Å². The Bertz CT molecular complexity index is 751. The van der Waals surface area contributed by atoms with E-state index in [9.17, 15) is 9.90 Å². The second-order valence-electron chi connectivity index (χ2n) is 6.99. The molecule has 4 nitrogen and oxygen atoms in total. The van der Waals surface area contributed by atoms with Crippen LogP contribution < -0.4 is 0 Å². The summed E-state index contributed by atoms with van der Waals surface area (Å²) in [7, 11) is 0. The van der Waals surface area contributed by atoms with Gasteiger partial charge in [0.1, 0.15) is 0 Å². The average Bonchev–Trinajstić information content (AvgIpc) is 2.96. The van der Waals surface area contributed by atoms with Gasteiger partial charge in [0.15, 0.2) is 0 Å². The second-order valence-corrected chi connectivity index (χ2v) is 6.99. The summed E-state index contributed by atoms with van der Waals surface area (Å²) in [6, 6.07) is 8.49. The fraction of sp³-hybridized carbons (Fsp3) is 0.526. The topological polar surface area (TPSA) is 56.3 Å². The molecule has 2 aliphatic heterocycles. The van der Waals surface area contributed by atoms with Crippen LogP contribution in [0, 0.1) is 5.41 Å². The van der Waals surface area contributed by atoms with Crippen LogP contribution in [-0.4, -0.2) is 34.0 Å². The van der Waals surface area contributed by atoms with E-state index in [1.807, 2.05) is 0 Å². The van der Waals surface area contributed by atoms with Crippen molar-refractivity contribution in [3.05, 3.63) is 35.5 Å². The molecule has 2 atom stereocenters. The summed E-state index contributed by atoms with van der Waals surface area (Å²) in [6.45, 7) is 3.17. The van der Waals surface area contributed by atoms with E-state index in [0.717, 1.165) is 37.7 Å². The first-order valence-corrected chi connectivity index (χ1v) is 8.70. The average molecular weight is 312 g/mol. The number of hydrogen-bond donors (Lipinski definition) is 2. The number of hydrogen-bond acceptors (Lipinski definition) is 2. The van der Waals surface area contributed by atoms with E-state index in [4.69, 9.17) is 0 Å². The minimum absolute atomic E-state index is 0.0152. The van der Waals surface area contributed by atoms with E-state index in [2.05, 4.69) is 41.1 Å². The van der Waals surface area contributed by atoms with Crippen molar-refractivity contribution in [2.45, 2.75) is 45.1 Å². The molecule has 1 fully saturated rings. The van der Waals surface area contributed by atoms with Crippen molar-refractivity contribution >= 4 is 16.8 Å². The maximum absolute atomic E-state index is 12.5. The SMILES string of the molecule is CC[C@@]1(CCO)CCC(=O)N2CCc3c([nH]c4ccccc34)C21. The van der Waals surface area contributed by atoms with Crippen LogP contribution in [0.1, 0.15) is 49.9 Å². The van der Waals surface area contributed by atoms with Crippen molar-refractivity contribution in [1.29, 1.82) is 0 Å². The molecule has 1 aromatic carbocycles. The van der Waals surface area contributed by atoms with Crippen LogP contribution in [0.2, 0.25) is 0 Å². The van der Waals surface area contributed by atoms with Crippen LogP contribution in [0.3, 0.4) is 0 Å². The van der Waals surface area contributed by atoms with E-state index >= 15 is 0 Å². The lowest BCUT2D eigenvalue weighted by atomic mass is 9.66. The molecule has 4 rings (SSSR count). The third-order valence-corrected chi connectivity index (χ3v) is 6.09. The van der Waals surface area contributed by atoms with Crippen LogP contribution >= 0.6 is 0 Å². The van der Waals surface area contributed by atoms with Gasteiger partial charge in [-0.15, -0.1) is 0 Å². The summed E-state index contributed by atoms with van der Waals surface area (Å²) < 4.78 is 0. The number of aliphatic hydroxyl groups excluding tert-OH is 1. The summed E-state index contributed by atoms with van der Waals surface area (Å²) >= 11 is 0. The number of carbonyl (C=O) groups excluding carboxylic acids is 1. The number of piperidine rings is 1. The van der Waals surface area contributed by atoms with Gasteiger partial charge in [-0.2, -0.15) is 0 Å². The lowest BCUT2D eigenvalue weighted by molar-refractivity contribution is -0.146. The van der Waals surface area contributed by atoms with Gasteiger partial charge < -0.3 is 15.0 Å². The van der Waals surface area contributed by atoms with Gasteiger partial charge in [0.2, 0.25) is 5.91 Å². The monoisotopic (exact) mass is 312 g/mol. The van der Waals surface area contributed by atoms with Gasteiger partial charge in [0, 0.05) is 36.2 Å². The second kappa shape index (κ2) is 5.38. The maximum Gasteiger partial charge on any atom is 0.223 e. The number of nitrogens with one attached hydrogen (secondary N) is 1. The van der Waals surface area contributed by atoms with E-state index in [1.165, 1.54) is 16.6 Å². The van der Waals surface area contributed by atoms with Gasteiger partial charge in [0.25, 0.3) is 0 Å². The lowest BCUT2D eigenvalue weighted by Gasteiger charge is -2.51. The Morgan fingerprint density at radius 2 is 2.17 bits per heavy atom. The zero-order valence-corrected chi connectivity index (χ0v) is 13.6. The molecule has 2 N–H and O–H groups in total. The Morgan fingerprint density at radius 3 is 2.96 bits per heavy atom. The van der Waals surface area contributed by atoms with Crippen LogP contribution in [0.15, 0.2) is 24.3 Å². The summed E-state index contributed by atoms with van der Waals surface area (Å²) in [5, 5.41) is 10.9. The van der Waals surface area contributed by atoms with Crippen LogP contribution in [0.5, 0.6) is 0 Å². The molecule has 23 heavy (non-hydrogen) atoms. The van der Waals surface area contributed by atoms with E-state index in [0.29, 0.717) is 6.42 Å². The Labute approximate surface area is 136 Å². The number of aromatic amines is 1. The van der Waals surface area contributed by atoms with Crippen molar-refractivity contribution < 1.29 is 9.90 Å². The number of aliphatic hydroxyl groups is 1. The third kappa shape index (κ3) is 2.04. The number of nitrogens with zero attached hydrogens (tertiary/aromatic N) is 1. The Morgan fingerprint density at radius 1 is 1.35 bits per heavy atom. The largest absolute Gasteiger partial charge is 0.396 e. The summed E-state index contributed by atoms with van der Waals surface area (Å²) in [6.07, 6.45) is 4.14. The predicted octanol–water partition coefficient (Wildman–Crippen LogP) is 3.17. The molecule has 1 amide bonds. The normalized spacial score (nSPS) is 27.1. The van der Waals surface area contributed by atoms with E-state index in [1.54, 1.807) is 0 Å². The highest BCUT2D eigenvalue weighted by atomic mass is 16.3. The minimum atomic E-state index is -0.0152. The zero-order valence-electron chi connectivity index (χ0n) is 13.6. The van der Waals surface area contributed by atoms with Crippen molar-refractivity contribution in [2.75, 3.05) is 13.2 Å². The molecule has 0 saturated carbocycles. The van der Waals surface area contributed by atoms with Gasteiger partial charge in [-0.25, -0.2) is 0 Å². The third-order valence-electron chi connectivity index (χ3n) is 6.09. The Balaban J connectivity index is 1.91. The van der Waals surface area contributed by atoms with Crippen LogP contribution in [0.25, 0.3) is 10.9 Å². The summed E-state index contributed by atoms with van der Waals surface area (Å²) in [5.41, 5.74) is 3.72. The highest BCUT2D eigenvalue weighted by Crippen LogP contribution is 2.53. The number of carbonyl (C=O) groups is 1. The van der Waals surface area contributed by atoms with Crippen molar-refractivity contribution in [1.82, 2.24) is 9.88 Å². The van der Waals surface area contributed by atoms with Crippen molar-refractivity contribution in [3.8, 4) is 0 Å². The summed E-state index contributed by atoms with van der Waals surface area (Å²) in [5.74, 6) is 0.265. The van der Waals surface area contributed by atoms with Crippen LogP contribution in [0.4, 0.5) is 0 Å². The maximum atomic E-state index is 12.5. The highest BCUT2D eigenvalue weighted by molar-refractivity contribution is 5.86. The number of H-pyrrole nitrogens is 1. The number of para-hydroxylation sites is 1. The van der Waals surface area contributed by atoms with Gasteiger partial charge >= 0.3 is 0 Å². The number of rotatable bonds is 3. The molecule has 4 heteroatoms. The standard InChI is InChI=1S/C19H24N2O2/c1-2-19(10-12-22)9-7-16(23)21-11-8-14-13-5-3-4-6-15(13)20-17(14)18(19)21/h3-6,18,20,22H,2,7-12H2,1H3/t18?,19-/m0/s1. The van der Waals surface area contributed by atoms with Crippen LogP contribution in [-0.2, 0) is 11.2 Å². The first-order valence-electron chi connectivity index (χ1n) is 8.70.